The highest BCUT2D eigenvalue weighted by molar-refractivity contribution is 6.03. The molecule has 4 aliphatic rings. The summed E-state index contributed by atoms with van der Waals surface area (Å²) in [5, 5.41) is 7.84. The molecule has 8 heteroatoms. The van der Waals surface area contributed by atoms with Gasteiger partial charge in [0.15, 0.2) is 5.69 Å². The number of carbonyl (C=O) groups is 1. The topological polar surface area (TPSA) is 69.5 Å². The predicted octanol–water partition coefficient (Wildman–Crippen LogP) is 3.42. The van der Waals surface area contributed by atoms with Crippen LogP contribution in [-0.2, 0) is 7.05 Å². The fourth-order valence-corrected chi connectivity index (χ4v) is 6.54. The Morgan fingerprint density at radius 3 is 2.28 bits per heavy atom. The maximum atomic E-state index is 13.2. The fourth-order valence-electron chi connectivity index (χ4n) is 6.54. The molecule has 0 aromatic carbocycles. The highest BCUT2D eigenvalue weighted by Gasteiger charge is 2.44. The Labute approximate surface area is 215 Å². The lowest BCUT2D eigenvalue weighted by atomic mass is 9.94. The van der Waals surface area contributed by atoms with Gasteiger partial charge in [0.05, 0.1) is 17.4 Å². The van der Waals surface area contributed by atoms with Crippen LogP contribution in [0.5, 0.6) is 0 Å². The SMILES string of the molecule is Cn1nc(C(=O)NC2CCN(CCN3CCC4(CC3)CC4)CC2)c2ncc(N3CCCCCC3)cc21. The summed E-state index contributed by atoms with van der Waals surface area (Å²) in [7, 11) is 1.91. The van der Waals surface area contributed by atoms with Crippen LogP contribution < -0.4 is 10.2 Å². The lowest BCUT2D eigenvalue weighted by molar-refractivity contribution is 0.0896. The van der Waals surface area contributed by atoms with E-state index in [9.17, 15) is 4.79 Å². The van der Waals surface area contributed by atoms with Gasteiger partial charge in [-0.2, -0.15) is 5.10 Å². The Balaban J connectivity index is 1.01. The summed E-state index contributed by atoms with van der Waals surface area (Å²) >= 11 is 0. The van der Waals surface area contributed by atoms with Crippen molar-refractivity contribution in [2.24, 2.45) is 12.5 Å². The van der Waals surface area contributed by atoms with E-state index in [4.69, 9.17) is 4.98 Å². The van der Waals surface area contributed by atoms with Crippen molar-refractivity contribution in [2.75, 3.05) is 57.3 Å². The summed E-state index contributed by atoms with van der Waals surface area (Å²) in [6.45, 7) is 9.20. The van der Waals surface area contributed by atoms with Crippen molar-refractivity contribution >= 4 is 22.6 Å². The third-order valence-corrected chi connectivity index (χ3v) is 9.39. The average molecular weight is 494 g/mol. The number of nitrogens with zero attached hydrogens (tertiary/aromatic N) is 6. The number of aryl methyl sites for hydroxylation is 1. The van der Waals surface area contributed by atoms with Gasteiger partial charge < -0.3 is 20.0 Å². The smallest absolute Gasteiger partial charge is 0.274 e. The molecule has 3 aliphatic heterocycles. The standard InChI is InChI=1S/C28H43N7O/c1-32-24-20-23(35-12-4-2-3-5-13-35)21-29-25(24)26(31-32)27(36)30-22-6-14-33(15-7-22)18-19-34-16-10-28(8-9-28)11-17-34/h20-22H,2-19H2,1H3,(H,30,36). The number of rotatable bonds is 6. The zero-order chi connectivity index (χ0) is 24.5. The first kappa shape index (κ1) is 24.2. The van der Waals surface area contributed by atoms with Crippen LogP contribution in [-0.4, -0.2) is 88.9 Å². The van der Waals surface area contributed by atoms with Gasteiger partial charge in [0, 0.05) is 52.4 Å². The Bertz CT molecular complexity index is 1050. The van der Waals surface area contributed by atoms with Gasteiger partial charge in [-0.25, -0.2) is 4.98 Å². The second-order valence-corrected chi connectivity index (χ2v) is 11.9. The van der Waals surface area contributed by atoms with Gasteiger partial charge in [-0.3, -0.25) is 9.48 Å². The van der Waals surface area contributed by atoms with E-state index in [1.54, 1.807) is 0 Å². The molecule has 8 nitrogen and oxygen atoms in total. The molecule has 2 aromatic rings. The van der Waals surface area contributed by atoms with Gasteiger partial charge in [-0.1, -0.05) is 12.8 Å². The van der Waals surface area contributed by atoms with Crippen molar-refractivity contribution in [3.8, 4) is 0 Å². The molecule has 0 radical (unpaired) electrons. The molecular formula is C28H43N7O. The number of hydrogen-bond acceptors (Lipinski definition) is 6. The highest BCUT2D eigenvalue weighted by atomic mass is 16.2. The zero-order valence-corrected chi connectivity index (χ0v) is 22.1. The first-order valence-electron chi connectivity index (χ1n) is 14.4. The number of fused-ring (bicyclic) bond motifs is 1. The second-order valence-electron chi connectivity index (χ2n) is 11.9. The maximum absolute atomic E-state index is 13.2. The minimum atomic E-state index is -0.0867. The summed E-state index contributed by atoms with van der Waals surface area (Å²) in [4.78, 5) is 25.6. The van der Waals surface area contributed by atoms with E-state index in [2.05, 4.69) is 31.2 Å². The molecule has 5 heterocycles. The quantitative estimate of drug-likeness (QED) is 0.665. The van der Waals surface area contributed by atoms with Gasteiger partial charge in [-0.05, 0) is 75.9 Å². The van der Waals surface area contributed by atoms with E-state index in [0.717, 1.165) is 62.2 Å². The summed E-state index contributed by atoms with van der Waals surface area (Å²) in [6.07, 6.45) is 14.8. The van der Waals surface area contributed by atoms with Crippen LogP contribution in [0.4, 0.5) is 5.69 Å². The van der Waals surface area contributed by atoms with Crippen LogP contribution in [0, 0.1) is 5.41 Å². The van der Waals surface area contributed by atoms with Gasteiger partial charge in [0.2, 0.25) is 0 Å². The van der Waals surface area contributed by atoms with Crippen molar-refractivity contribution in [3.05, 3.63) is 18.0 Å². The molecule has 2 aromatic heterocycles. The van der Waals surface area contributed by atoms with Gasteiger partial charge in [0.25, 0.3) is 5.91 Å². The average Bonchev–Trinajstić information content (AvgIpc) is 3.65. The second kappa shape index (κ2) is 10.3. The minimum absolute atomic E-state index is 0.0867. The molecular weight excluding hydrogens is 450 g/mol. The van der Waals surface area contributed by atoms with E-state index >= 15 is 0 Å². The monoisotopic (exact) mass is 493 g/mol. The third kappa shape index (κ3) is 5.25. The van der Waals surface area contributed by atoms with Crippen LogP contribution >= 0.6 is 0 Å². The summed E-state index contributed by atoms with van der Waals surface area (Å²) in [5.74, 6) is -0.0867. The first-order chi connectivity index (χ1) is 17.6. The lowest BCUT2D eigenvalue weighted by Gasteiger charge is -2.36. The van der Waals surface area contributed by atoms with Crippen molar-refractivity contribution in [1.82, 2.24) is 29.9 Å². The van der Waals surface area contributed by atoms with Crippen molar-refractivity contribution in [2.45, 2.75) is 70.3 Å². The number of hydrogen-bond donors (Lipinski definition) is 1. The van der Waals surface area contributed by atoms with Gasteiger partial charge in [0.1, 0.15) is 5.52 Å². The Kier molecular flexibility index (Phi) is 6.90. The molecule has 1 saturated carbocycles. The number of anilines is 1. The molecule has 3 saturated heterocycles. The lowest BCUT2D eigenvalue weighted by Crippen LogP contribution is -2.47. The van der Waals surface area contributed by atoms with Crippen molar-refractivity contribution in [3.63, 3.8) is 0 Å². The third-order valence-electron chi connectivity index (χ3n) is 9.39. The molecule has 196 valence electrons. The molecule has 6 rings (SSSR count). The number of carbonyl (C=O) groups excluding carboxylic acids is 1. The number of pyridine rings is 1. The first-order valence-corrected chi connectivity index (χ1v) is 14.4. The normalized spacial score (nSPS) is 23.8. The summed E-state index contributed by atoms with van der Waals surface area (Å²) in [6, 6.07) is 2.37. The minimum Gasteiger partial charge on any atom is -0.370 e. The van der Waals surface area contributed by atoms with Crippen LogP contribution in [0.3, 0.4) is 0 Å². The van der Waals surface area contributed by atoms with Crippen LogP contribution in [0.15, 0.2) is 12.3 Å². The van der Waals surface area contributed by atoms with E-state index < -0.39 is 0 Å². The predicted molar refractivity (Wildman–Crippen MR) is 143 cm³/mol. The Hall–Kier alpha value is -2.19. The number of aromatic nitrogens is 3. The molecule has 1 aliphatic carbocycles. The molecule has 36 heavy (non-hydrogen) atoms. The number of likely N-dealkylation sites (tertiary alicyclic amines) is 2. The molecule has 1 N–H and O–H groups in total. The summed E-state index contributed by atoms with van der Waals surface area (Å²) in [5.41, 5.74) is 4.00. The van der Waals surface area contributed by atoms with Crippen LogP contribution in [0.25, 0.3) is 11.0 Å². The number of nitrogens with one attached hydrogen (secondary N) is 1. The fraction of sp³-hybridized carbons (Fsp3) is 0.750. The molecule has 0 unspecified atom stereocenters. The largest absolute Gasteiger partial charge is 0.370 e. The molecule has 1 amide bonds. The van der Waals surface area contributed by atoms with E-state index in [0.29, 0.717) is 11.2 Å². The van der Waals surface area contributed by atoms with E-state index in [-0.39, 0.29) is 11.9 Å². The number of amides is 1. The molecule has 1 spiro atoms. The van der Waals surface area contributed by atoms with Crippen LogP contribution in [0.2, 0.25) is 0 Å². The molecule has 0 bridgehead atoms. The van der Waals surface area contributed by atoms with Crippen molar-refractivity contribution in [1.29, 1.82) is 0 Å². The molecule has 0 atom stereocenters. The van der Waals surface area contributed by atoms with Crippen molar-refractivity contribution < 1.29 is 4.79 Å². The summed E-state index contributed by atoms with van der Waals surface area (Å²) < 4.78 is 1.81. The van der Waals surface area contributed by atoms with E-state index in [1.165, 1.54) is 71.0 Å². The highest BCUT2D eigenvalue weighted by Crippen LogP contribution is 2.53. The van der Waals surface area contributed by atoms with E-state index in [1.807, 2.05) is 17.9 Å². The Morgan fingerprint density at radius 2 is 1.61 bits per heavy atom. The van der Waals surface area contributed by atoms with Gasteiger partial charge >= 0.3 is 0 Å². The zero-order valence-electron chi connectivity index (χ0n) is 22.1. The van der Waals surface area contributed by atoms with Crippen LogP contribution in [0.1, 0.15) is 74.7 Å². The molecule has 4 fully saturated rings. The number of piperidine rings is 2. The van der Waals surface area contributed by atoms with Gasteiger partial charge in [-0.15, -0.1) is 0 Å². The maximum Gasteiger partial charge on any atom is 0.274 e. The Morgan fingerprint density at radius 1 is 0.944 bits per heavy atom.